The number of nitrogens with zero attached hydrogens (tertiary/aromatic N) is 1. The molecule has 94 valence electrons. The molecule has 0 saturated heterocycles. The first kappa shape index (κ1) is 13.4. The smallest absolute Gasteiger partial charge is 0.140 e. The summed E-state index contributed by atoms with van der Waals surface area (Å²) in [6.07, 6.45) is 1.84. The molecule has 0 spiro atoms. The first-order chi connectivity index (χ1) is 8.70. The third-order valence-electron chi connectivity index (χ3n) is 2.65. The fraction of sp³-hybridized carbons (Fsp3) is 0.214. The second-order valence-corrected chi connectivity index (χ2v) is 5.27. The van der Waals surface area contributed by atoms with Crippen LogP contribution in [-0.2, 0) is 0 Å². The highest BCUT2D eigenvalue weighted by atomic mass is 79.9. The summed E-state index contributed by atoms with van der Waals surface area (Å²) in [5, 5.41) is 3.35. The number of aromatic nitrogens is 1. The lowest BCUT2D eigenvalue weighted by Gasteiger charge is -2.18. The first-order valence-electron chi connectivity index (χ1n) is 5.70. The Hall–Kier alpha value is -1.06. The summed E-state index contributed by atoms with van der Waals surface area (Å²) < 4.78 is 0.952. The minimum Gasteiger partial charge on any atom is -0.361 e. The van der Waals surface area contributed by atoms with Crippen LogP contribution in [-0.4, -0.2) is 10.9 Å². The second kappa shape index (κ2) is 6.21. The molecule has 0 saturated carbocycles. The molecule has 0 aliphatic carbocycles. The van der Waals surface area contributed by atoms with Crippen LogP contribution in [0.5, 0.6) is 0 Å². The van der Waals surface area contributed by atoms with Crippen LogP contribution in [0.15, 0.2) is 47.1 Å². The fourth-order valence-electron chi connectivity index (χ4n) is 1.70. The molecule has 2 rings (SSSR count). The molecular weight excluding hydrogens is 312 g/mol. The first-order valence-corrected chi connectivity index (χ1v) is 7.03. The van der Waals surface area contributed by atoms with Gasteiger partial charge in [0.15, 0.2) is 0 Å². The number of aryl methyl sites for hydroxylation is 1. The van der Waals surface area contributed by atoms with Crippen molar-refractivity contribution < 1.29 is 0 Å². The zero-order chi connectivity index (χ0) is 13.0. The molecule has 1 unspecified atom stereocenters. The van der Waals surface area contributed by atoms with Gasteiger partial charge in [0.1, 0.15) is 5.82 Å². The van der Waals surface area contributed by atoms with Crippen LogP contribution in [0.3, 0.4) is 0 Å². The number of nitrogens with one attached hydrogen (secondary N) is 1. The topological polar surface area (TPSA) is 24.9 Å². The van der Waals surface area contributed by atoms with Gasteiger partial charge in [0.25, 0.3) is 0 Å². The van der Waals surface area contributed by atoms with Crippen LogP contribution in [0.4, 0.5) is 5.82 Å². The van der Waals surface area contributed by atoms with Crippen molar-refractivity contribution >= 4 is 33.3 Å². The van der Waals surface area contributed by atoms with Gasteiger partial charge in [-0.1, -0.05) is 30.3 Å². The maximum atomic E-state index is 6.03. The van der Waals surface area contributed by atoms with E-state index in [9.17, 15) is 0 Å². The van der Waals surface area contributed by atoms with Gasteiger partial charge < -0.3 is 5.32 Å². The fourth-order valence-corrected chi connectivity index (χ4v) is 2.53. The molecule has 4 heteroatoms. The Morgan fingerprint density at radius 2 is 2.06 bits per heavy atom. The molecule has 1 heterocycles. The van der Waals surface area contributed by atoms with Gasteiger partial charge in [-0.15, -0.1) is 11.6 Å². The number of hydrogen-bond donors (Lipinski definition) is 1. The number of alkyl halides is 1. The zero-order valence-electron chi connectivity index (χ0n) is 10.0. The Labute approximate surface area is 121 Å². The zero-order valence-corrected chi connectivity index (χ0v) is 12.4. The quantitative estimate of drug-likeness (QED) is 0.835. The van der Waals surface area contributed by atoms with Gasteiger partial charge in [-0.05, 0) is 40.0 Å². The summed E-state index contributed by atoms with van der Waals surface area (Å²) in [4.78, 5) is 4.37. The highest BCUT2D eigenvalue weighted by Gasteiger charge is 2.12. The van der Waals surface area contributed by atoms with Crippen molar-refractivity contribution in [3.05, 3.63) is 58.2 Å². The van der Waals surface area contributed by atoms with Crippen molar-refractivity contribution in [3.63, 3.8) is 0 Å². The van der Waals surface area contributed by atoms with Crippen LogP contribution in [0.1, 0.15) is 17.2 Å². The van der Waals surface area contributed by atoms with E-state index in [-0.39, 0.29) is 6.04 Å². The van der Waals surface area contributed by atoms with E-state index in [1.807, 2.05) is 37.4 Å². The Bertz CT molecular complexity index is 516. The monoisotopic (exact) mass is 324 g/mol. The number of anilines is 1. The standard InChI is InChI=1S/C14H14BrClN2/c1-10-7-12(15)14(17-9-10)18-13(8-16)11-5-3-2-4-6-11/h2-7,9,13H,8H2,1H3,(H,17,18). The summed E-state index contributed by atoms with van der Waals surface area (Å²) in [5.74, 6) is 1.31. The van der Waals surface area contributed by atoms with Crippen molar-refractivity contribution in [3.8, 4) is 0 Å². The molecule has 1 atom stereocenters. The van der Waals surface area contributed by atoms with Gasteiger partial charge in [0.05, 0.1) is 10.5 Å². The predicted molar refractivity (Wildman–Crippen MR) is 80.2 cm³/mol. The molecule has 18 heavy (non-hydrogen) atoms. The SMILES string of the molecule is Cc1cnc(NC(CCl)c2ccccc2)c(Br)c1. The lowest BCUT2D eigenvalue weighted by atomic mass is 10.1. The molecule has 0 bridgehead atoms. The van der Waals surface area contributed by atoms with Crippen molar-refractivity contribution in [2.45, 2.75) is 13.0 Å². The van der Waals surface area contributed by atoms with Crippen molar-refractivity contribution in [2.24, 2.45) is 0 Å². The Morgan fingerprint density at radius 1 is 1.33 bits per heavy atom. The van der Waals surface area contributed by atoms with E-state index in [0.717, 1.165) is 21.4 Å². The number of halogens is 2. The second-order valence-electron chi connectivity index (χ2n) is 4.11. The van der Waals surface area contributed by atoms with Gasteiger partial charge in [0, 0.05) is 12.1 Å². The van der Waals surface area contributed by atoms with Crippen LogP contribution in [0, 0.1) is 6.92 Å². The van der Waals surface area contributed by atoms with E-state index in [1.165, 1.54) is 0 Å². The number of hydrogen-bond acceptors (Lipinski definition) is 2. The van der Waals surface area contributed by atoms with Crippen LogP contribution >= 0.6 is 27.5 Å². The lowest BCUT2D eigenvalue weighted by molar-refractivity contribution is 0.880. The van der Waals surface area contributed by atoms with Crippen LogP contribution < -0.4 is 5.32 Å². The summed E-state index contributed by atoms with van der Waals surface area (Å²) in [6, 6.07) is 12.2. The number of benzene rings is 1. The molecule has 2 aromatic rings. The largest absolute Gasteiger partial charge is 0.361 e. The van der Waals surface area contributed by atoms with Crippen molar-refractivity contribution in [1.29, 1.82) is 0 Å². The summed E-state index contributed by atoms with van der Waals surface area (Å²) >= 11 is 9.54. The third kappa shape index (κ3) is 3.24. The predicted octanol–water partition coefficient (Wildman–Crippen LogP) is 4.54. The minimum atomic E-state index is 0.0550. The van der Waals surface area contributed by atoms with Gasteiger partial charge in [-0.25, -0.2) is 4.98 Å². The molecule has 0 radical (unpaired) electrons. The Balaban J connectivity index is 2.21. The molecule has 1 aromatic carbocycles. The van der Waals surface area contributed by atoms with Crippen molar-refractivity contribution in [1.82, 2.24) is 4.98 Å². The lowest BCUT2D eigenvalue weighted by Crippen LogP contribution is -2.13. The van der Waals surface area contributed by atoms with Gasteiger partial charge in [0.2, 0.25) is 0 Å². The molecule has 0 amide bonds. The van der Waals surface area contributed by atoms with Gasteiger partial charge >= 0.3 is 0 Å². The van der Waals surface area contributed by atoms with Gasteiger partial charge in [-0.3, -0.25) is 0 Å². The molecule has 1 aromatic heterocycles. The van der Waals surface area contributed by atoms with E-state index in [2.05, 4.69) is 38.4 Å². The molecule has 1 N–H and O–H groups in total. The van der Waals surface area contributed by atoms with E-state index >= 15 is 0 Å². The maximum absolute atomic E-state index is 6.03. The van der Waals surface area contributed by atoms with Crippen molar-refractivity contribution in [2.75, 3.05) is 11.2 Å². The maximum Gasteiger partial charge on any atom is 0.140 e. The number of rotatable bonds is 4. The minimum absolute atomic E-state index is 0.0550. The molecular formula is C14H14BrClN2. The molecule has 0 aliphatic heterocycles. The van der Waals surface area contributed by atoms with Gasteiger partial charge in [-0.2, -0.15) is 0 Å². The van der Waals surface area contributed by atoms with E-state index in [0.29, 0.717) is 5.88 Å². The molecule has 0 fully saturated rings. The average Bonchev–Trinajstić information content (AvgIpc) is 2.39. The number of pyridine rings is 1. The molecule has 2 nitrogen and oxygen atoms in total. The van der Waals surface area contributed by atoms with E-state index in [1.54, 1.807) is 0 Å². The van der Waals surface area contributed by atoms with Crippen LogP contribution in [0.2, 0.25) is 0 Å². The molecule has 0 aliphatic rings. The third-order valence-corrected chi connectivity index (χ3v) is 3.56. The average molecular weight is 326 g/mol. The van der Waals surface area contributed by atoms with E-state index < -0.39 is 0 Å². The normalized spacial score (nSPS) is 12.2. The summed E-state index contributed by atoms with van der Waals surface area (Å²) in [7, 11) is 0. The highest BCUT2D eigenvalue weighted by molar-refractivity contribution is 9.10. The van der Waals surface area contributed by atoms with E-state index in [4.69, 9.17) is 11.6 Å². The summed E-state index contributed by atoms with van der Waals surface area (Å²) in [6.45, 7) is 2.01. The van der Waals surface area contributed by atoms with Crippen LogP contribution in [0.25, 0.3) is 0 Å². The Morgan fingerprint density at radius 3 is 2.67 bits per heavy atom. The highest BCUT2D eigenvalue weighted by Crippen LogP contribution is 2.26. The summed E-state index contributed by atoms with van der Waals surface area (Å²) in [5.41, 5.74) is 2.27. The Kier molecular flexibility index (Phi) is 4.61.